The Kier molecular flexibility index (Phi) is 8.87. The van der Waals surface area contributed by atoms with Gasteiger partial charge in [0.1, 0.15) is 11.6 Å². The maximum absolute atomic E-state index is 14.1. The molecule has 0 saturated carbocycles. The first kappa shape index (κ1) is 23.1. The molecule has 3 rings (SSSR count). The molecule has 1 aliphatic heterocycles. The average molecular weight is 520 g/mol. The second kappa shape index (κ2) is 11.1. The van der Waals surface area contributed by atoms with Gasteiger partial charge in [0.15, 0.2) is 5.96 Å². The maximum atomic E-state index is 14.1. The lowest BCUT2D eigenvalue weighted by Crippen LogP contribution is -2.44. The minimum absolute atomic E-state index is 0. The van der Waals surface area contributed by atoms with Crippen molar-refractivity contribution in [2.75, 3.05) is 25.0 Å². The van der Waals surface area contributed by atoms with E-state index in [-0.39, 0.29) is 47.9 Å². The van der Waals surface area contributed by atoms with Crippen LogP contribution in [-0.2, 0) is 6.54 Å². The SMILES string of the molecule is CN=C(NCc1c(F)cccc1OC(F)F)NC1CCN(c2ccccc2)C1.I. The van der Waals surface area contributed by atoms with Crippen molar-refractivity contribution < 1.29 is 17.9 Å². The number of hydrogen-bond acceptors (Lipinski definition) is 3. The van der Waals surface area contributed by atoms with Crippen LogP contribution in [-0.4, -0.2) is 38.8 Å². The molecule has 0 aromatic heterocycles. The summed E-state index contributed by atoms with van der Waals surface area (Å²) in [6, 6.07) is 14.2. The number of aliphatic imine (C=N–C) groups is 1. The van der Waals surface area contributed by atoms with Crippen LogP contribution in [0, 0.1) is 5.82 Å². The highest BCUT2D eigenvalue weighted by molar-refractivity contribution is 14.0. The zero-order chi connectivity index (χ0) is 19.9. The molecule has 9 heteroatoms. The number of guanidine groups is 1. The van der Waals surface area contributed by atoms with E-state index < -0.39 is 12.4 Å². The van der Waals surface area contributed by atoms with Gasteiger partial charge in [-0.3, -0.25) is 4.99 Å². The van der Waals surface area contributed by atoms with E-state index in [9.17, 15) is 13.2 Å². The summed E-state index contributed by atoms with van der Waals surface area (Å²) in [5.41, 5.74) is 1.19. The molecule has 2 aromatic rings. The lowest BCUT2D eigenvalue weighted by Gasteiger charge is -2.20. The Balaban J connectivity index is 0.00000300. The number of benzene rings is 2. The largest absolute Gasteiger partial charge is 0.434 e. The van der Waals surface area contributed by atoms with Crippen molar-refractivity contribution in [3.05, 3.63) is 59.9 Å². The molecule has 0 aliphatic carbocycles. The third-order valence-electron chi connectivity index (χ3n) is 4.60. The smallest absolute Gasteiger partial charge is 0.387 e. The Bertz CT molecular complexity index is 808. The third kappa shape index (κ3) is 6.41. The van der Waals surface area contributed by atoms with E-state index in [1.165, 1.54) is 18.2 Å². The molecule has 1 fully saturated rings. The van der Waals surface area contributed by atoms with E-state index in [1.807, 2.05) is 18.2 Å². The van der Waals surface area contributed by atoms with Crippen molar-refractivity contribution in [3.8, 4) is 5.75 Å². The predicted molar refractivity (Wildman–Crippen MR) is 119 cm³/mol. The molecule has 0 spiro atoms. The predicted octanol–water partition coefficient (Wildman–Crippen LogP) is 3.99. The molecule has 0 bridgehead atoms. The van der Waals surface area contributed by atoms with E-state index in [1.54, 1.807) is 7.05 Å². The fourth-order valence-electron chi connectivity index (χ4n) is 3.23. The van der Waals surface area contributed by atoms with Crippen LogP contribution >= 0.6 is 24.0 Å². The van der Waals surface area contributed by atoms with Crippen LogP contribution < -0.4 is 20.3 Å². The van der Waals surface area contributed by atoms with Gasteiger partial charge >= 0.3 is 6.61 Å². The van der Waals surface area contributed by atoms with Crippen molar-refractivity contribution in [3.63, 3.8) is 0 Å². The lowest BCUT2D eigenvalue weighted by molar-refractivity contribution is -0.0506. The van der Waals surface area contributed by atoms with Crippen molar-refractivity contribution in [1.82, 2.24) is 10.6 Å². The summed E-state index contributed by atoms with van der Waals surface area (Å²) >= 11 is 0. The number of ether oxygens (including phenoxy) is 1. The molecule has 0 radical (unpaired) electrons. The van der Waals surface area contributed by atoms with Crippen molar-refractivity contribution in [2.45, 2.75) is 25.6 Å². The van der Waals surface area contributed by atoms with Crippen molar-refractivity contribution in [2.24, 2.45) is 4.99 Å². The molecule has 1 aliphatic rings. The van der Waals surface area contributed by atoms with E-state index >= 15 is 0 Å². The molecule has 1 unspecified atom stereocenters. The topological polar surface area (TPSA) is 48.9 Å². The number of nitrogens with zero attached hydrogens (tertiary/aromatic N) is 2. The Labute approximate surface area is 185 Å². The number of rotatable bonds is 6. The van der Waals surface area contributed by atoms with Crippen molar-refractivity contribution >= 4 is 35.6 Å². The van der Waals surface area contributed by atoms with Crippen LogP contribution in [0.4, 0.5) is 18.9 Å². The zero-order valence-electron chi connectivity index (χ0n) is 15.9. The van der Waals surface area contributed by atoms with Crippen LogP contribution in [0.25, 0.3) is 0 Å². The minimum Gasteiger partial charge on any atom is -0.434 e. The van der Waals surface area contributed by atoms with Crippen LogP contribution in [0.5, 0.6) is 5.75 Å². The average Bonchev–Trinajstić information content (AvgIpc) is 3.15. The Morgan fingerprint density at radius 2 is 1.97 bits per heavy atom. The molecule has 0 amide bonds. The zero-order valence-corrected chi connectivity index (χ0v) is 18.3. The molecule has 1 atom stereocenters. The van der Waals surface area contributed by atoms with Gasteiger partial charge in [-0.15, -0.1) is 24.0 Å². The highest BCUT2D eigenvalue weighted by Gasteiger charge is 2.23. The van der Waals surface area contributed by atoms with Gasteiger partial charge in [-0.25, -0.2) is 4.39 Å². The van der Waals surface area contributed by atoms with E-state index in [2.05, 4.69) is 37.4 Å². The number of halogens is 4. The molecule has 158 valence electrons. The van der Waals surface area contributed by atoms with Crippen LogP contribution in [0.3, 0.4) is 0 Å². The fourth-order valence-corrected chi connectivity index (χ4v) is 3.23. The van der Waals surface area contributed by atoms with Gasteiger partial charge in [0.25, 0.3) is 0 Å². The summed E-state index contributed by atoms with van der Waals surface area (Å²) in [5.74, 6) is -0.322. The quantitative estimate of drug-likeness (QED) is 0.344. The molecule has 5 nitrogen and oxygen atoms in total. The highest BCUT2D eigenvalue weighted by Crippen LogP contribution is 2.23. The standard InChI is InChI=1S/C20H23F3N4O.HI/c1-24-20(25-12-16-17(21)8-5-9-18(16)28-19(22)23)26-14-10-11-27(13-14)15-6-3-2-4-7-15;/h2-9,14,19H,10-13H2,1H3,(H2,24,25,26);1H. The first-order valence-electron chi connectivity index (χ1n) is 9.06. The Hall–Kier alpha value is -2.17. The summed E-state index contributed by atoms with van der Waals surface area (Å²) in [5, 5.41) is 6.28. The summed E-state index contributed by atoms with van der Waals surface area (Å²) in [4.78, 5) is 6.42. The molecule has 2 aromatic carbocycles. The van der Waals surface area contributed by atoms with E-state index in [0.29, 0.717) is 5.96 Å². The number of hydrogen-bond donors (Lipinski definition) is 2. The fraction of sp³-hybridized carbons (Fsp3) is 0.350. The maximum Gasteiger partial charge on any atom is 0.387 e. The highest BCUT2D eigenvalue weighted by atomic mass is 127. The van der Waals surface area contributed by atoms with E-state index in [4.69, 9.17) is 0 Å². The lowest BCUT2D eigenvalue weighted by atomic mass is 10.2. The third-order valence-corrected chi connectivity index (χ3v) is 4.60. The molecule has 1 saturated heterocycles. The Morgan fingerprint density at radius 3 is 2.66 bits per heavy atom. The molecule has 1 heterocycles. The first-order valence-corrected chi connectivity index (χ1v) is 9.06. The van der Waals surface area contributed by atoms with Gasteiger partial charge in [0.05, 0.1) is 0 Å². The van der Waals surface area contributed by atoms with Gasteiger partial charge in [-0.2, -0.15) is 8.78 Å². The molecular weight excluding hydrogens is 496 g/mol. The first-order chi connectivity index (χ1) is 13.6. The van der Waals surface area contributed by atoms with Gasteiger partial charge in [-0.05, 0) is 30.7 Å². The summed E-state index contributed by atoms with van der Waals surface area (Å²) in [6.07, 6.45) is 0.926. The molecular formula is C20H24F3IN4O. The second-order valence-corrected chi connectivity index (χ2v) is 6.43. The van der Waals surface area contributed by atoms with Gasteiger partial charge < -0.3 is 20.3 Å². The Morgan fingerprint density at radius 1 is 1.21 bits per heavy atom. The summed E-state index contributed by atoms with van der Waals surface area (Å²) < 4.78 is 43.6. The number of anilines is 1. The van der Waals surface area contributed by atoms with Gasteiger partial charge in [0, 0.05) is 44.0 Å². The second-order valence-electron chi connectivity index (χ2n) is 6.43. The monoisotopic (exact) mass is 520 g/mol. The van der Waals surface area contributed by atoms with Gasteiger partial charge in [-0.1, -0.05) is 24.3 Å². The summed E-state index contributed by atoms with van der Waals surface area (Å²) in [7, 11) is 1.61. The number of alkyl halides is 2. The van der Waals surface area contributed by atoms with Crippen LogP contribution in [0.1, 0.15) is 12.0 Å². The van der Waals surface area contributed by atoms with E-state index in [0.717, 1.165) is 25.2 Å². The molecule has 2 N–H and O–H groups in total. The minimum atomic E-state index is -3.01. The van der Waals surface area contributed by atoms with Crippen molar-refractivity contribution in [1.29, 1.82) is 0 Å². The number of nitrogens with one attached hydrogen (secondary N) is 2. The van der Waals surface area contributed by atoms with Gasteiger partial charge in [0.2, 0.25) is 0 Å². The summed E-state index contributed by atoms with van der Waals surface area (Å²) in [6.45, 7) is -1.31. The normalized spacial score (nSPS) is 16.5. The molecule has 29 heavy (non-hydrogen) atoms. The van der Waals surface area contributed by atoms with Crippen LogP contribution in [0.15, 0.2) is 53.5 Å². The van der Waals surface area contributed by atoms with Crippen LogP contribution in [0.2, 0.25) is 0 Å². The number of para-hydroxylation sites is 1.